The zero-order valence-corrected chi connectivity index (χ0v) is 20.0. The highest BCUT2D eigenvalue weighted by Crippen LogP contribution is 2.33. The van der Waals surface area contributed by atoms with Gasteiger partial charge in [0.05, 0.1) is 17.9 Å². The smallest absolute Gasteiger partial charge is 0.165 e. The molecule has 0 aliphatic heterocycles. The van der Waals surface area contributed by atoms with Gasteiger partial charge in [0, 0.05) is 43.2 Å². The molecule has 8 heteroatoms. The van der Waals surface area contributed by atoms with Crippen LogP contribution in [-0.4, -0.2) is 48.1 Å². The zero-order chi connectivity index (χ0) is 24.3. The molecule has 0 amide bonds. The summed E-state index contributed by atoms with van der Waals surface area (Å²) in [4.78, 5) is 6.85. The molecule has 0 saturated heterocycles. The monoisotopic (exact) mass is 442 g/mol. The van der Waals surface area contributed by atoms with Crippen molar-refractivity contribution in [2.24, 2.45) is 0 Å². The Labute approximate surface area is 190 Å². The predicted octanol–water partition coefficient (Wildman–Crippen LogP) is 5.47. The highest BCUT2D eigenvalue weighted by atomic mass is 19.1. The first-order chi connectivity index (χ1) is 15.5. The van der Waals surface area contributed by atoms with E-state index in [-0.39, 0.29) is 5.82 Å². The number of hydrogen-bond acceptors (Lipinski definition) is 6. The molecule has 0 atom stereocenters. The fraction of sp³-hybridized carbons (Fsp3) is 0.375. The second kappa shape index (κ2) is 13.2. The highest BCUT2D eigenvalue weighted by molar-refractivity contribution is 5.82. The lowest BCUT2D eigenvalue weighted by molar-refractivity contribution is 0.205. The number of hydrogen-bond donors (Lipinski definition) is 2. The van der Waals surface area contributed by atoms with Gasteiger partial charge in [-0.1, -0.05) is 20.4 Å². The molecular weight excluding hydrogens is 407 g/mol. The molecule has 0 fully saturated rings. The maximum Gasteiger partial charge on any atom is 0.165 e. The quantitative estimate of drug-likeness (QED) is 0.452. The summed E-state index contributed by atoms with van der Waals surface area (Å²) in [7, 11) is 1.69. The second-order valence-corrected chi connectivity index (χ2v) is 6.57. The molecule has 0 unspecified atom stereocenters. The van der Waals surface area contributed by atoms with E-state index in [0.717, 1.165) is 30.3 Å². The van der Waals surface area contributed by atoms with Crippen molar-refractivity contribution < 1.29 is 9.13 Å². The minimum Gasteiger partial charge on any atom is -0.383 e. The summed E-state index contributed by atoms with van der Waals surface area (Å²) in [5, 5.41) is 13.1. The second-order valence-electron chi connectivity index (χ2n) is 6.57. The van der Waals surface area contributed by atoms with Crippen LogP contribution < -0.4 is 10.2 Å². The molecule has 1 aromatic carbocycles. The lowest BCUT2D eigenvalue weighted by Crippen LogP contribution is -2.29. The number of aryl methyl sites for hydroxylation is 2. The van der Waals surface area contributed by atoms with Gasteiger partial charge >= 0.3 is 0 Å². The Bertz CT molecular complexity index is 1020. The summed E-state index contributed by atoms with van der Waals surface area (Å²) in [6, 6.07) is 7.01. The minimum absolute atomic E-state index is 0.332. The Morgan fingerprint density at radius 1 is 1.25 bits per heavy atom. The predicted molar refractivity (Wildman–Crippen MR) is 133 cm³/mol. The van der Waals surface area contributed by atoms with Crippen LogP contribution in [0.2, 0.25) is 0 Å². The molecule has 0 spiro atoms. The van der Waals surface area contributed by atoms with E-state index in [0.29, 0.717) is 29.1 Å². The number of nitrogens with zero attached hydrogens (tertiary/aromatic N) is 4. The number of aromatic nitrogens is 3. The average Bonchev–Trinajstić information content (AvgIpc) is 3.13. The van der Waals surface area contributed by atoms with Crippen molar-refractivity contribution in [1.82, 2.24) is 14.6 Å². The first kappa shape index (κ1) is 26.8. The van der Waals surface area contributed by atoms with Crippen molar-refractivity contribution in [1.29, 1.82) is 5.41 Å². The third-order valence-electron chi connectivity index (χ3n) is 4.65. The maximum absolute atomic E-state index is 14.9. The minimum atomic E-state index is -0.332. The van der Waals surface area contributed by atoms with Gasteiger partial charge in [0.1, 0.15) is 11.6 Å². The molecule has 32 heavy (non-hydrogen) atoms. The molecule has 7 nitrogen and oxygen atoms in total. The van der Waals surface area contributed by atoms with Crippen molar-refractivity contribution in [3.8, 4) is 11.1 Å². The van der Waals surface area contributed by atoms with Crippen LogP contribution >= 0.6 is 0 Å². The number of benzene rings is 1. The molecule has 0 aliphatic carbocycles. The van der Waals surface area contributed by atoms with Gasteiger partial charge in [-0.3, -0.25) is 0 Å². The van der Waals surface area contributed by atoms with E-state index < -0.39 is 0 Å². The number of nitrogens with one attached hydrogen (secondary N) is 2. The van der Waals surface area contributed by atoms with Gasteiger partial charge in [0.15, 0.2) is 5.65 Å². The Morgan fingerprint density at radius 3 is 2.50 bits per heavy atom. The van der Waals surface area contributed by atoms with Crippen molar-refractivity contribution in [3.05, 3.63) is 54.2 Å². The number of fused-ring (bicyclic) bond motifs is 1. The molecule has 174 valence electrons. The molecule has 3 rings (SSSR count). The van der Waals surface area contributed by atoms with Gasteiger partial charge in [0.25, 0.3) is 0 Å². The van der Waals surface area contributed by atoms with Gasteiger partial charge < -0.3 is 20.4 Å². The van der Waals surface area contributed by atoms with Crippen molar-refractivity contribution >= 4 is 23.9 Å². The Kier molecular flexibility index (Phi) is 11.1. The summed E-state index contributed by atoms with van der Waals surface area (Å²) in [5.41, 5.74) is 4.05. The molecular formula is C24H35FN6O. The van der Waals surface area contributed by atoms with E-state index in [1.54, 1.807) is 17.7 Å². The number of rotatable bonds is 8. The van der Waals surface area contributed by atoms with E-state index in [9.17, 15) is 4.39 Å². The Morgan fingerprint density at radius 2 is 1.94 bits per heavy atom. The van der Waals surface area contributed by atoms with Gasteiger partial charge in [-0.05, 0) is 51.9 Å². The lowest BCUT2D eigenvalue weighted by atomic mass is 10.0. The number of halogens is 1. The summed E-state index contributed by atoms with van der Waals surface area (Å²) >= 11 is 0. The Balaban J connectivity index is 0.00000121. The van der Waals surface area contributed by atoms with Crippen LogP contribution in [0.3, 0.4) is 0 Å². The van der Waals surface area contributed by atoms with Crippen LogP contribution in [0.15, 0.2) is 37.0 Å². The normalized spacial score (nSPS) is 9.97. The third-order valence-corrected chi connectivity index (χ3v) is 4.65. The van der Waals surface area contributed by atoms with Gasteiger partial charge in [-0.2, -0.15) is 9.61 Å². The summed E-state index contributed by atoms with van der Waals surface area (Å²) < 4.78 is 21.9. The Hall–Kier alpha value is -3.26. The molecule has 0 aliphatic rings. The number of ether oxygens (including phenoxy) is 1. The van der Waals surface area contributed by atoms with E-state index >= 15 is 0 Å². The molecule has 2 N–H and O–H groups in total. The first-order valence-electron chi connectivity index (χ1n) is 10.6. The molecule has 3 aromatic rings. The van der Waals surface area contributed by atoms with Crippen molar-refractivity contribution in [3.63, 3.8) is 0 Å². The maximum atomic E-state index is 14.9. The number of methoxy groups -OCH3 is 1. The van der Waals surface area contributed by atoms with E-state index in [2.05, 4.69) is 40.5 Å². The molecule has 0 radical (unpaired) electrons. The van der Waals surface area contributed by atoms with Crippen molar-refractivity contribution in [2.45, 2.75) is 34.6 Å². The summed E-state index contributed by atoms with van der Waals surface area (Å²) in [6.07, 6.45) is 1.52. The van der Waals surface area contributed by atoms with Gasteiger partial charge in [-0.25, -0.2) is 9.37 Å². The third kappa shape index (κ3) is 5.91. The van der Waals surface area contributed by atoms with Gasteiger partial charge in [-0.15, -0.1) is 0 Å². The van der Waals surface area contributed by atoms with Crippen LogP contribution in [0.25, 0.3) is 16.8 Å². The average molecular weight is 443 g/mol. The van der Waals surface area contributed by atoms with Crippen LogP contribution in [0.5, 0.6) is 0 Å². The molecule has 0 saturated carbocycles. The van der Waals surface area contributed by atoms with Crippen LogP contribution in [0.4, 0.5) is 15.9 Å². The topological polar surface area (TPSA) is 78.5 Å². The van der Waals surface area contributed by atoms with E-state index in [1.807, 2.05) is 39.8 Å². The van der Waals surface area contributed by atoms with Crippen LogP contribution in [0, 0.1) is 25.1 Å². The summed E-state index contributed by atoms with van der Waals surface area (Å²) in [6.45, 7) is 18.1. The molecule has 2 heterocycles. The SMILES string of the molecule is C=CNc1ccc(-c2c(C)nn3c(N(CC)CCOC)cc(C)nc23)c(F)c1.C=N.CC. The van der Waals surface area contributed by atoms with E-state index in [4.69, 9.17) is 10.1 Å². The zero-order valence-electron chi connectivity index (χ0n) is 20.0. The first-order valence-corrected chi connectivity index (χ1v) is 10.6. The van der Waals surface area contributed by atoms with E-state index in [1.165, 1.54) is 12.3 Å². The number of likely N-dealkylation sites (N-methyl/N-ethyl adjacent to an activating group) is 1. The largest absolute Gasteiger partial charge is 0.383 e. The summed E-state index contributed by atoms with van der Waals surface area (Å²) in [5.74, 6) is 0.586. The standard InChI is InChI=1S/C21H26FN5O.C2H6.CH3N/c1-6-23-16-8-9-17(18(22)13-16)20-15(4)25-27-19(12-14(3)24-21(20)27)26(7-2)10-11-28-5;2*1-2/h6,8-9,12-13,23H,1,7,10-11H2,2-5H3;1-2H3;2H,1H2. The fourth-order valence-corrected chi connectivity index (χ4v) is 3.33. The van der Waals surface area contributed by atoms with Crippen LogP contribution in [0.1, 0.15) is 32.2 Å². The number of anilines is 2. The molecule has 0 bridgehead atoms. The highest BCUT2D eigenvalue weighted by Gasteiger charge is 2.20. The van der Waals surface area contributed by atoms with Gasteiger partial charge in [0.2, 0.25) is 0 Å². The van der Waals surface area contributed by atoms with Crippen molar-refractivity contribution in [2.75, 3.05) is 37.0 Å². The van der Waals surface area contributed by atoms with Crippen LogP contribution in [-0.2, 0) is 4.74 Å². The lowest BCUT2D eigenvalue weighted by Gasteiger charge is -2.23. The molecule has 2 aromatic heterocycles. The fourth-order valence-electron chi connectivity index (χ4n) is 3.33.